The SMILES string of the molecule is CNC(=O)CN(C)S(=O)(=O)c1ccc2c(c1)CCC2. The molecule has 104 valence electrons. The van der Waals surface area contributed by atoms with E-state index in [0.717, 1.165) is 29.1 Å². The smallest absolute Gasteiger partial charge is 0.243 e. The minimum atomic E-state index is -3.59. The summed E-state index contributed by atoms with van der Waals surface area (Å²) < 4.78 is 25.7. The molecule has 1 aromatic carbocycles. The summed E-state index contributed by atoms with van der Waals surface area (Å²) in [6.07, 6.45) is 3.02. The highest BCUT2D eigenvalue weighted by molar-refractivity contribution is 7.89. The van der Waals surface area contributed by atoms with Crippen molar-refractivity contribution < 1.29 is 13.2 Å². The molecule has 0 radical (unpaired) electrons. The van der Waals surface area contributed by atoms with Crippen LogP contribution in [0.5, 0.6) is 0 Å². The molecule has 1 aliphatic rings. The van der Waals surface area contributed by atoms with Gasteiger partial charge in [-0.2, -0.15) is 4.31 Å². The van der Waals surface area contributed by atoms with Gasteiger partial charge in [-0.1, -0.05) is 6.07 Å². The number of benzene rings is 1. The topological polar surface area (TPSA) is 66.5 Å². The Bertz CT molecular complexity index is 596. The Hall–Kier alpha value is -1.40. The molecule has 0 unspecified atom stereocenters. The average Bonchev–Trinajstić information content (AvgIpc) is 2.85. The van der Waals surface area contributed by atoms with Gasteiger partial charge in [-0.05, 0) is 42.5 Å². The second-order valence-corrected chi connectivity index (χ2v) is 6.76. The van der Waals surface area contributed by atoms with Crippen LogP contribution < -0.4 is 5.32 Å². The maximum atomic E-state index is 12.3. The van der Waals surface area contributed by atoms with E-state index in [0.29, 0.717) is 0 Å². The Morgan fingerprint density at radius 2 is 2.00 bits per heavy atom. The van der Waals surface area contributed by atoms with E-state index in [2.05, 4.69) is 5.32 Å². The Kier molecular flexibility index (Phi) is 3.91. The number of hydrogen-bond donors (Lipinski definition) is 1. The number of sulfonamides is 1. The summed E-state index contributed by atoms with van der Waals surface area (Å²) >= 11 is 0. The van der Waals surface area contributed by atoms with Gasteiger partial charge >= 0.3 is 0 Å². The molecule has 6 heteroatoms. The molecule has 1 aromatic rings. The van der Waals surface area contributed by atoms with E-state index in [-0.39, 0.29) is 17.3 Å². The summed E-state index contributed by atoms with van der Waals surface area (Å²) in [5.74, 6) is -0.327. The molecule has 2 rings (SSSR count). The first kappa shape index (κ1) is 14.0. The van der Waals surface area contributed by atoms with Crippen molar-refractivity contribution >= 4 is 15.9 Å². The Morgan fingerprint density at radius 3 is 2.68 bits per heavy atom. The first-order valence-electron chi connectivity index (χ1n) is 6.24. The normalized spacial score (nSPS) is 14.5. The number of nitrogens with one attached hydrogen (secondary N) is 1. The summed E-state index contributed by atoms with van der Waals surface area (Å²) in [5.41, 5.74) is 2.34. The van der Waals surface area contributed by atoms with Crippen LogP contribution in [0.1, 0.15) is 17.5 Å². The van der Waals surface area contributed by atoms with Gasteiger partial charge in [-0.3, -0.25) is 4.79 Å². The van der Waals surface area contributed by atoms with Gasteiger partial charge in [-0.25, -0.2) is 8.42 Å². The van der Waals surface area contributed by atoms with Crippen LogP contribution in [0.25, 0.3) is 0 Å². The number of carbonyl (C=O) groups excluding carboxylic acids is 1. The lowest BCUT2D eigenvalue weighted by atomic mass is 10.1. The zero-order chi connectivity index (χ0) is 14.0. The highest BCUT2D eigenvalue weighted by Gasteiger charge is 2.24. The monoisotopic (exact) mass is 282 g/mol. The number of nitrogens with zero attached hydrogens (tertiary/aromatic N) is 1. The third-order valence-electron chi connectivity index (χ3n) is 3.42. The van der Waals surface area contributed by atoms with Gasteiger partial charge in [0.2, 0.25) is 15.9 Å². The summed E-state index contributed by atoms with van der Waals surface area (Å²) in [6, 6.07) is 5.24. The van der Waals surface area contributed by atoms with Crippen molar-refractivity contribution in [2.75, 3.05) is 20.6 Å². The molecular formula is C13H18N2O3S. The Morgan fingerprint density at radius 1 is 1.32 bits per heavy atom. The highest BCUT2D eigenvalue weighted by Crippen LogP contribution is 2.25. The van der Waals surface area contributed by atoms with Gasteiger partial charge in [0.15, 0.2) is 0 Å². The van der Waals surface area contributed by atoms with E-state index in [1.54, 1.807) is 12.1 Å². The number of likely N-dealkylation sites (N-methyl/N-ethyl adjacent to an activating group) is 2. The van der Waals surface area contributed by atoms with Crippen molar-refractivity contribution in [3.8, 4) is 0 Å². The zero-order valence-electron chi connectivity index (χ0n) is 11.1. The van der Waals surface area contributed by atoms with Crippen LogP contribution in [0.4, 0.5) is 0 Å². The number of fused-ring (bicyclic) bond motifs is 1. The Labute approximate surface area is 113 Å². The summed E-state index contributed by atoms with van der Waals surface area (Å²) in [7, 11) is -0.694. The third-order valence-corrected chi connectivity index (χ3v) is 5.22. The molecule has 0 atom stereocenters. The van der Waals surface area contributed by atoms with Gasteiger partial charge in [-0.15, -0.1) is 0 Å². The van der Waals surface area contributed by atoms with Crippen molar-refractivity contribution in [3.63, 3.8) is 0 Å². The molecule has 0 saturated carbocycles. The number of hydrogen-bond acceptors (Lipinski definition) is 3. The van der Waals surface area contributed by atoms with Crippen molar-refractivity contribution in [1.29, 1.82) is 0 Å². The van der Waals surface area contributed by atoms with Crippen LogP contribution in [0.15, 0.2) is 23.1 Å². The van der Waals surface area contributed by atoms with Gasteiger partial charge in [0.1, 0.15) is 0 Å². The second-order valence-electron chi connectivity index (χ2n) is 4.72. The number of rotatable bonds is 4. The van der Waals surface area contributed by atoms with Crippen LogP contribution in [-0.4, -0.2) is 39.3 Å². The van der Waals surface area contributed by atoms with E-state index in [4.69, 9.17) is 0 Å². The maximum absolute atomic E-state index is 12.3. The largest absolute Gasteiger partial charge is 0.358 e. The molecule has 1 N–H and O–H groups in total. The molecule has 0 fully saturated rings. The zero-order valence-corrected chi connectivity index (χ0v) is 12.0. The van der Waals surface area contributed by atoms with E-state index >= 15 is 0 Å². The predicted octanol–water partition coefficient (Wildman–Crippen LogP) is 0.542. The number of amides is 1. The minimum absolute atomic E-state index is 0.171. The fourth-order valence-corrected chi connectivity index (χ4v) is 3.43. The molecule has 0 saturated heterocycles. The van der Waals surface area contributed by atoms with E-state index in [1.165, 1.54) is 19.7 Å². The molecule has 5 nitrogen and oxygen atoms in total. The van der Waals surface area contributed by atoms with Crippen molar-refractivity contribution in [2.45, 2.75) is 24.2 Å². The number of carbonyl (C=O) groups is 1. The second kappa shape index (κ2) is 5.30. The van der Waals surface area contributed by atoms with Crippen molar-refractivity contribution in [3.05, 3.63) is 29.3 Å². The molecule has 0 aromatic heterocycles. The standard InChI is InChI=1S/C13H18N2O3S/c1-14-13(16)9-15(2)19(17,18)12-7-6-10-4-3-5-11(10)8-12/h6-8H,3-5,9H2,1-2H3,(H,14,16). The lowest BCUT2D eigenvalue weighted by Gasteiger charge is -2.16. The third kappa shape index (κ3) is 2.79. The van der Waals surface area contributed by atoms with Crippen molar-refractivity contribution in [1.82, 2.24) is 9.62 Å². The lowest BCUT2D eigenvalue weighted by Crippen LogP contribution is -2.36. The van der Waals surface area contributed by atoms with Crippen LogP contribution in [0, 0.1) is 0 Å². The summed E-state index contributed by atoms with van der Waals surface area (Å²) in [4.78, 5) is 11.5. The van der Waals surface area contributed by atoms with Crippen LogP contribution in [-0.2, 0) is 27.7 Å². The molecule has 1 aliphatic carbocycles. The van der Waals surface area contributed by atoms with Crippen LogP contribution in [0.3, 0.4) is 0 Å². The first-order chi connectivity index (χ1) is 8.95. The highest BCUT2D eigenvalue weighted by atomic mass is 32.2. The van der Waals surface area contributed by atoms with Crippen LogP contribution in [0.2, 0.25) is 0 Å². The fraction of sp³-hybridized carbons (Fsp3) is 0.462. The molecule has 0 spiro atoms. The molecule has 0 aliphatic heterocycles. The molecular weight excluding hydrogens is 264 g/mol. The molecule has 0 bridgehead atoms. The molecule has 1 amide bonds. The van der Waals surface area contributed by atoms with E-state index < -0.39 is 10.0 Å². The van der Waals surface area contributed by atoms with E-state index in [9.17, 15) is 13.2 Å². The fourth-order valence-electron chi connectivity index (χ4n) is 2.25. The van der Waals surface area contributed by atoms with Gasteiger partial charge in [0.25, 0.3) is 0 Å². The molecule has 19 heavy (non-hydrogen) atoms. The predicted molar refractivity (Wildman–Crippen MR) is 72.3 cm³/mol. The quantitative estimate of drug-likeness (QED) is 0.876. The first-order valence-corrected chi connectivity index (χ1v) is 7.68. The maximum Gasteiger partial charge on any atom is 0.243 e. The average molecular weight is 282 g/mol. The molecule has 0 heterocycles. The summed E-state index contributed by atoms with van der Waals surface area (Å²) in [5, 5.41) is 2.42. The minimum Gasteiger partial charge on any atom is -0.358 e. The van der Waals surface area contributed by atoms with Gasteiger partial charge in [0, 0.05) is 14.1 Å². The van der Waals surface area contributed by atoms with Crippen molar-refractivity contribution in [2.24, 2.45) is 0 Å². The van der Waals surface area contributed by atoms with E-state index in [1.807, 2.05) is 6.07 Å². The summed E-state index contributed by atoms with van der Waals surface area (Å²) in [6.45, 7) is -0.171. The van der Waals surface area contributed by atoms with Gasteiger partial charge < -0.3 is 5.32 Å². The lowest BCUT2D eigenvalue weighted by molar-refractivity contribution is -0.120. The Balaban J connectivity index is 2.26. The van der Waals surface area contributed by atoms with Gasteiger partial charge in [0.05, 0.1) is 11.4 Å². The van der Waals surface area contributed by atoms with Crippen LogP contribution >= 0.6 is 0 Å². The number of aryl methyl sites for hydroxylation is 2.